The van der Waals surface area contributed by atoms with Crippen LogP contribution in [0, 0.1) is 6.42 Å². The van der Waals surface area contributed by atoms with Gasteiger partial charge in [0.05, 0.1) is 0 Å². The Hall–Kier alpha value is 0.290. The highest BCUT2D eigenvalue weighted by atomic mass is 35.5. The van der Waals surface area contributed by atoms with E-state index in [9.17, 15) is 0 Å². The molecule has 0 heterocycles. The normalized spacial score (nSPS) is 25.0. The van der Waals surface area contributed by atoms with Crippen molar-refractivity contribution in [2.75, 3.05) is 0 Å². The van der Waals surface area contributed by atoms with E-state index in [1.807, 2.05) is 0 Å². The van der Waals surface area contributed by atoms with Gasteiger partial charge in [-0.05, 0) is 19.3 Å². The van der Waals surface area contributed by atoms with Crippen molar-refractivity contribution < 1.29 is 0 Å². The molecule has 0 bridgehead atoms. The van der Waals surface area contributed by atoms with Crippen molar-refractivity contribution in [1.82, 2.24) is 0 Å². The fraction of sp³-hybridized carbons (Fsp3) is 0.875. The monoisotopic (exact) mass is 145 g/mol. The van der Waals surface area contributed by atoms with Crippen molar-refractivity contribution in [2.24, 2.45) is 0 Å². The summed E-state index contributed by atoms with van der Waals surface area (Å²) in [7, 11) is 0. The number of hydrogen-bond acceptors (Lipinski definition) is 0. The Morgan fingerprint density at radius 2 is 2.11 bits per heavy atom. The van der Waals surface area contributed by atoms with Gasteiger partial charge in [-0.1, -0.05) is 25.7 Å². The lowest BCUT2D eigenvalue weighted by Gasteiger charge is -2.11. The Kier molecular flexibility index (Phi) is 3.42. The van der Waals surface area contributed by atoms with Gasteiger partial charge in [0.15, 0.2) is 0 Å². The van der Waals surface area contributed by atoms with Gasteiger partial charge in [-0.15, -0.1) is 11.6 Å². The molecule has 1 aliphatic carbocycles. The predicted molar refractivity (Wildman–Crippen MR) is 41.6 cm³/mol. The largest absolute Gasteiger partial charge is 0.123 e. The molecule has 1 unspecified atom stereocenters. The fourth-order valence-electron chi connectivity index (χ4n) is 1.25. The third-order valence-corrected chi connectivity index (χ3v) is 2.24. The molecular formula is C8H14Cl. The molecule has 0 aromatic heterocycles. The first kappa shape index (κ1) is 7.40. The van der Waals surface area contributed by atoms with Crippen LogP contribution in [0.1, 0.15) is 38.5 Å². The topological polar surface area (TPSA) is 0 Å². The van der Waals surface area contributed by atoms with Crippen LogP contribution in [0.3, 0.4) is 0 Å². The molecule has 0 N–H and O–H groups in total. The first-order chi connectivity index (χ1) is 4.39. The molecule has 0 amide bonds. The first-order valence-electron chi connectivity index (χ1n) is 3.85. The van der Waals surface area contributed by atoms with Crippen LogP contribution in [-0.2, 0) is 0 Å². The first-order valence-corrected chi connectivity index (χ1v) is 4.29. The highest BCUT2D eigenvalue weighted by Crippen LogP contribution is 2.19. The van der Waals surface area contributed by atoms with E-state index >= 15 is 0 Å². The summed E-state index contributed by atoms with van der Waals surface area (Å²) in [5.41, 5.74) is 0. The molecule has 1 fully saturated rings. The zero-order chi connectivity index (χ0) is 6.53. The minimum Gasteiger partial charge on any atom is -0.123 e. The molecule has 1 atom stereocenters. The van der Waals surface area contributed by atoms with Crippen molar-refractivity contribution in [3.05, 3.63) is 6.42 Å². The summed E-state index contributed by atoms with van der Waals surface area (Å²) in [5, 5.41) is 0.435. The maximum Gasteiger partial charge on any atom is 0.0338 e. The van der Waals surface area contributed by atoms with Gasteiger partial charge in [-0.2, -0.15) is 0 Å². The SMILES string of the molecule is ClC1C[CH]CCCCC1. The third kappa shape index (κ3) is 3.10. The van der Waals surface area contributed by atoms with Gasteiger partial charge in [0, 0.05) is 5.38 Å². The maximum atomic E-state index is 5.96. The lowest BCUT2D eigenvalue weighted by atomic mass is 10.0. The van der Waals surface area contributed by atoms with E-state index in [2.05, 4.69) is 6.42 Å². The molecule has 0 aromatic rings. The van der Waals surface area contributed by atoms with Crippen molar-refractivity contribution in [3.63, 3.8) is 0 Å². The van der Waals surface area contributed by atoms with Crippen LogP contribution in [-0.4, -0.2) is 5.38 Å². The standard InChI is InChI=1S/C8H14Cl/c9-8-6-4-2-1-3-5-7-8/h4,8H,1-3,5-7H2. The molecule has 0 spiro atoms. The summed E-state index contributed by atoms with van der Waals surface area (Å²) in [6.07, 6.45) is 10.0. The van der Waals surface area contributed by atoms with Crippen LogP contribution in [0.5, 0.6) is 0 Å². The lowest BCUT2D eigenvalue weighted by molar-refractivity contribution is 0.570. The van der Waals surface area contributed by atoms with E-state index in [4.69, 9.17) is 11.6 Å². The van der Waals surface area contributed by atoms with E-state index in [1.54, 1.807) is 0 Å². The van der Waals surface area contributed by atoms with E-state index in [0.717, 1.165) is 6.42 Å². The number of rotatable bonds is 0. The van der Waals surface area contributed by atoms with Gasteiger partial charge in [-0.3, -0.25) is 0 Å². The quantitative estimate of drug-likeness (QED) is 0.460. The van der Waals surface area contributed by atoms with Crippen molar-refractivity contribution in [3.8, 4) is 0 Å². The van der Waals surface area contributed by atoms with Crippen LogP contribution in [0.15, 0.2) is 0 Å². The third-order valence-electron chi connectivity index (χ3n) is 1.85. The Morgan fingerprint density at radius 1 is 1.22 bits per heavy atom. The van der Waals surface area contributed by atoms with Gasteiger partial charge in [-0.25, -0.2) is 0 Å². The van der Waals surface area contributed by atoms with Gasteiger partial charge in [0.2, 0.25) is 0 Å². The Bertz CT molecular complexity index is 63.0. The van der Waals surface area contributed by atoms with Crippen LogP contribution in [0.25, 0.3) is 0 Å². The zero-order valence-corrected chi connectivity index (χ0v) is 6.53. The van der Waals surface area contributed by atoms with Crippen LogP contribution >= 0.6 is 11.6 Å². The molecule has 0 nitrogen and oxygen atoms in total. The van der Waals surface area contributed by atoms with Gasteiger partial charge < -0.3 is 0 Å². The Labute approximate surface area is 62.6 Å². The van der Waals surface area contributed by atoms with E-state index in [0.29, 0.717) is 5.38 Å². The zero-order valence-electron chi connectivity index (χ0n) is 5.78. The van der Waals surface area contributed by atoms with Gasteiger partial charge >= 0.3 is 0 Å². The minimum absolute atomic E-state index is 0.435. The molecule has 1 rings (SSSR count). The fourth-order valence-corrected chi connectivity index (χ4v) is 1.53. The summed E-state index contributed by atoms with van der Waals surface area (Å²) in [6.45, 7) is 0. The molecule has 9 heavy (non-hydrogen) atoms. The van der Waals surface area contributed by atoms with E-state index in [1.165, 1.54) is 32.1 Å². The minimum atomic E-state index is 0.435. The number of alkyl halides is 1. The van der Waals surface area contributed by atoms with Crippen molar-refractivity contribution in [2.45, 2.75) is 43.9 Å². The van der Waals surface area contributed by atoms with Crippen molar-refractivity contribution >= 4 is 11.6 Å². The highest BCUT2D eigenvalue weighted by Gasteiger charge is 2.06. The molecule has 1 saturated carbocycles. The number of hydrogen-bond donors (Lipinski definition) is 0. The molecular weight excluding hydrogens is 132 g/mol. The molecule has 1 heteroatoms. The van der Waals surface area contributed by atoms with Crippen LogP contribution in [0.4, 0.5) is 0 Å². The van der Waals surface area contributed by atoms with Gasteiger partial charge in [0.1, 0.15) is 0 Å². The molecule has 1 aliphatic rings. The van der Waals surface area contributed by atoms with Gasteiger partial charge in [0.25, 0.3) is 0 Å². The lowest BCUT2D eigenvalue weighted by Crippen LogP contribution is -2.01. The van der Waals surface area contributed by atoms with E-state index < -0.39 is 0 Å². The predicted octanol–water partition coefficient (Wildman–Crippen LogP) is 3.15. The second-order valence-electron chi connectivity index (χ2n) is 2.76. The summed E-state index contributed by atoms with van der Waals surface area (Å²) in [6, 6.07) is 0. The molecule has 0 aliphatic heterocycles. The summed E-state index contributed by atoms with van der Waals surface area (Å²) in [5.74, 6) is 0. The number of halogens is 1. The molecule has 0 saturated heterocycles. The summed E-state index contributed by atoms with van der Waals surface area (Å²) in [4.78, 5) is 0. The Balaban J connectivity index is 2.12. The average Bonchev–Trinajstić information content (AvgIpc) is 1.79. The maximum absolute atomic E-state index is 5.96. The van der Waals surface area contributed by atoms with Crippen LogP contribution < -0.4 is 0 Å². The second kappa shape index (κ2) is 4.16. The summed E-state index contributed by atoms with van der Waals surface area (Å²) >= 11 is 5.96. The van der Waals surface area contributed by atoms with Crippen molar-refractivity contribution in [1.29, 1.82) is 0 Å². The summed E-state index contributed by atoms with van der Waals surface area (Å²) < 4.78 is 0. The Morgan fingerprint density at radius 3 is 3.00 bits per heavy atom. The average molecular weight is 146 g/mol. The molecule has 53 valence electrons. The molecule has 0 aromatic carbocycles. The highest BCUT2D eigenvalue weighted by molar-refractivity contribution is 6.20. The van der Waals surface area contributed by atoms with Crippen LogP contribution in [0.2, 0.25) is 0 Å². The van der Waals surface area contributed by atoms with E-state index in [-0.39, 0.29) is 0 Å². The smallest absolute Gasteiger partial charge is 0.0338 e. The molecule has 1 radical (unpaired) electrons. The second-order valence-corrected chi connectivity index (χ2v) is 3.38.